The van der Waals surface area contributed by atoms with Crippen LogP contribution in [0.5, 0.6) is 0 Å². The fraction of sp³-hybridized carbons (Fsp3) is 0.644. The predicted octanol–water partition coefficient (Wildman–Crippen LogP) is 1.12. The van der Waals surface area contributed by atoms with E-state index in [1.807, 2.05) is 32.0 Å². The number of carbonyl (C=O) groups excluding carboxylic acids is 12. The zero-order valence-corrected chi connectivity index (χ0v) is 61.7. The topological polar surface area (TPSA) is 354 Å². The number of methoxy groups -OCH3 is 2. The first-order chi connectivity index (χ1) is 48.6. The third-order valence-corrected chi connectivity index (χ3v) is 19.2. The minimum absolute atomic E-state index is 0.000884. The number of carbonyl (C=O) groups is 12. The number of nitrogens with zero attached hydrogens (tertiary/aromatic N) is 6. The predicted molar refractivity (Wildman–Crippen MR) is 379 cm³/mol. The number of nitrogens with one attached hydrogen (secondary N) is 6. The van der Waals surface area contributed by atoms with Crippen molar-refractivity contribution in [1.29, 1.82) is 0 Å². The number of rotatable bonds is 37. The van der Waals surface area contributed by atoms with E-state index in [1.54, 1.807) is 106 Å². The Morgan fingerprint density at radius 3 is 1.83 bits per heavy atom. The van der Waals surface area contributed by atoms with Gasteiger partial charge in [0.05, 0.1) is 101 Å². The van der Waals surface area contributed by atoms with Gasteiger partial charge in [0.15, 0.2) is 0 Å². The van der Waals surface area contributed by atoms with Gasteiger partial charge in [0.25, 0.3) is 11.8 Å². The molecule has 0 aliphatic carbocycles. The molecule has 2 fully saturated rings. The van der Waals surface area contributed by atoms with Crippen molar-refractivity contribution in [3.8, 4) is 0 Å². The average molecular weight is 1430 g/mol. The minimum Gasteiger partial charge on any atom is -0.386 e. The molecule has 3 heterocycles. The Balaban J connectivity index is 1.11. The summed E-state index contributed by atoms with van der Waals surface area (Å²) in [6, 6.07) is 12.7. The highest BCUT2D eigenvalue weighted by molar-refractivity contribution is 6.12. The molecule has 0 spiro atoms. The first-order valence-electron chi connectivity index (χ1n) is 35.7. The molecule has 0 unspecified atom stereocenters. The van der Waals surface area contributed by atoms with Crippen molar-refractivity contribution in [2.45, 2.75) is 161 Å². The average Bonchev–Trinajstić information content (AvgIpc) is 1.53. The lowest BCUT2D eigenvalue weighted by Gasteiger charge is -2.41. The number of hydrogen-bond acceptors (Lipinski definition) is 18. The third kappa shape index (κ3) is 25.9. The SMILES string of the molecule is CC[C@H](C)[C@@H]([C@@H](CC(=O)N1CCC[C@@H]1[C@H](OC)[C@@H](C)C(=O)N[C@H](C)[C@@H](O)c1ccccc1)OC)N(C)C(=O)[C@@H](NC(=O)[C@H](C(C)C)N(C)C(=O)CNC(=O)[C@H](Cc1ccccc1)NC(=O)CNC(=O)CNC(=O)CN1CCOCCN(C(=O)CCCCN2C(=O)C=CC2=O)CCOCC1)C(C)C. The number of imide groups is 1. The highest BCUT2D eigenvalue weighted by Gasteiger charge is 2.44. The molecule has 566 valence electrons. The largest absolute Gasteiger partial charge is 0.386 e. The van der Waals surface area contributed by atoms with Gasteiger partial charge in [0.2, 0.25) is 59.1 Å². The van der Waals surface area contributed by atoms with E-state index in [9.17, 15) is 62.6 Å². The molecule has 102 heavy (non-hydrogen) atoms. The van der Waals surface area contributed by atoms with Crippen LogP contribution in [0.3, 0.4) is 0 Å². The van der Waals surface area contributed by atoms with Crippen molar-refractivity contribution in [1.82, 2.24) is 61.3 Å². The first-order valence-corrected chi connectivity index (χ1v) is 35.7. The normalized spacial score (nSPS) is 18.4. The lowest BCUT2D eigenvalue weighted by atomic mass is 9.89. The van der Waals surface area contributed by atoms with Gasteiger partial charge in [-0.25, -0.2) is 0 Å². The van der Waals surface area contributed by atoms with E-state index in [0.717, 1.165) is 4.90 Å². The Morgan fingerprint density at radius 1 is 0.647 bits per heavy atom. The number of likely N-dealkylation sites (N-methyl/N-ethyl adjacent to an activating group) is 2. The fourth-order valence-corrected chi connectivity index (χ4v) is 13.1. The molecule has 2 aromatic rings. The van der Waals surface area contributed by atoms with Crippen LogP contribution in [0.15, 0.2) is 72.8 Å². The van der Waals surface area contributed by atoms with E-state index >= 15 is 0 Å². The van der Waals surface area contributed by atoms with E-state index in [0.29, 0.717) is 76.0 Å². The lowest BCUT2D eigenvalue weighted by molar-refractivity contribution is -0.148. The number of unbranched alkanes of at least 4 members (excludes halogenated alkanes) is 1. The summed E-state index contributed by atoms with van der Waals surface area (Å²) in [6.45, 7) is 15.7. The molecule has 2 aromatic carbocycles. The molecular formula is C73H112N12O17. The van der Waals surface area contributed by atoms with Gasteiger partial charge < -0.3 is 75.6 Å². The van der Waals surface area contributed by atoms with Gasteiger partial charge in [0.1, 0.15) is 18.1 Å². The van der Waals surface area contributed by atoms with Crippen molar-refractivity contribution in [2.75, 3.05) is 120 Å². The molecule has 3 aliphatic heterocycles. The summed E-state index contributed by atoms with van der Waals surface area (Å²) in [5.74, 6) is -7.60. The minimum atomic E-state index is -1.23. The molecule has 2 saturated heterocycles. The smallest absolute Gasteiger partial charge is 0.253 e. The maximum Gasteiger partial charge on any atom is 0.253 e. The van der Waals surface area contributed by atoms with Crippen molar-refractivity contribution in [3.05, 3.63) is 83.9 Å². The highest BCUT2D eigenvalue weighted by Crippen LogP contribution is 2.30. The standard InChI is InChI=1S/C73H112N12O17/c1-13-49(6)67(56(99-11)42-63(92)84-32-22-27-55(84)69(100-12)50(7)70(95)77-51(8)68(94)53-25-18-15-19-26-53)81(10)73(98)65(47(2)3)79-72(97)66(48(4)5)80(9)64(93)45-76-71(96)54(41-52-23-16-14-17-24-52)78-58(87)44-74-57(86)43-75-59(88)46-82-33-37-101-39-35-83(36-40-102-38-34-82)60(89)28-20-21-31-85-61(90)29-30-62(85)91/h14-19,23-26,29-30,47-51,54-56,65-69,94H,13,20-22,27-28,31-46H2,1-12H3,(H,74,86)(H,75,88)(H,76,96)(H,77,95)(H,78,87)(H,79,97)/t49-,50+,51+,54-,55+,56+,65-,66-,67-,68+,69+/m0/s1. The molecule has 0 saturated carbocycles. The van der Waals surface area contributed by atoms with Crippen molar-refractivity contribution < 1.29 is 81.6 Å². The van der Waals surface area contributed by atoms with Crippen molar-refractivity contribution >= 4 is 70.9 Å². The number of amides is 12. The van der Waals surface area contributed by atoms with Crippen molar-refractivity contribution in [2.24, 2.45) is 23.7 Å². The van der Waals surface area contributed by atoms with Gasteiger partial charge in [-0.3, -0.25) is 67.3 Å². The van der Waals surface area contributed by atoms with Crippen molar-refractivity contribution in [3.63, 3.8) is 0 Å². The molecule has 0 bridgehead atoms. The molecule has 0 radical (unpaired) electrons. The van der Waals surface area contributed by atoms with E-state index in [2.05, 4.69) is 31.9 Å². The van der Waals surface area contributed by atoms with Gasteiger partial charge in [-0.2, -0.15) is 0 Å². The number of aliphatic hydroxyl groups is 1. The van der Waals surface area contributed by atoms with Gasteiger partial charge in [0, 0.05) is 92.6 Å². The molecule has 12 amide bonds. The first kappa shape index (κ1) is 84.4. The highest BCUT2D eigenvalue weighted by atomic mass is 16.5. The number of ether oxygens (including phenoxy) is 4. The van der Waals surface area contributed by atoms with E-state index in [1.165, 1.54) is 43.2 Å². The molecule has 3 aliphatic rings. The van der Waals surface area contributed by atoms with E-state index in [-0.39, 0.29) is 94.2 Å². The van der Waals surface area contributed by atoms with Crippen LogP contribution in [0.1, 0.15) is 118 Å². The Labute approximate surface area is 600 Å². The lowest BCUT2D eigenvalue weighted by Crippen LogP contribution is -2.61. The Morgan fingerprint density at radius 2 is 1.25 bits per heavy atom. The van der Waals surface area contributed by atoms with Gasteiger partial charge in [-0.1, -0.05) is 116 Å². The van der Waals surface area contributed by atoms with E-state index in [4.69, 9.17) is 18.9 Å². The molecule has 11 atom stereocenters. The molecule has 5 rings (SSSR count). The third-order valence-electron chi connectivity index (χ3n) is 19.2. The second kappa shape index (κ2) is 43.0. The number of aliphatic hydroxyl groups excluding tert-OH is 1. The summed E-state index contributed by atoms with van der Waals surface area (Å²) in [5.41, 5.74) is 1.33. The molecule has 0 aromatic heterocycles. The number of benzene rings is 2. The summed E-state index contributed by atoms with van der Waals surface area (Å²) in [7, 11) is 6.04. The molecule has 7 N–H and O–H groups in total. The van der Waals surface area contributed by atoms with Crippen LogP contribution in [0.2, 0.25) is 0 Å². The van der Waals surface area contributed by atoms with Gasteiger partial charge in [-0.15, -0.1) is 0 Å². The van der Waals surface area contributed by atoms with Crippen LogP contribution in [0.25, 0.3) is 0 Å². The Bertz CT molecular complexity index is 3090. The number of hydrogen-bond donors (Lipinski definition) is 7. The maximum absolute atomic E-state index is 14.9. The second-order valence-corrected chi connectivity index (χ2v) is 27.2. The second-order valence-electron chi connectivity index (χ2n) is 27.2. The molecule has 29 heteroatoms. The van der Waals surface area contributed by atoms with Crippen LogP contribution in [0, 0.1) is 23.7 Å². The molecular weight excluding hydrogens is 1320 g/mol. The monoisotopic (exact) mass is 1430 g/mol. The quantitative estimate of drug-likeness (QED) is 0.0368. The Hall–Kier alpha value is -8.22. The van der Waals surface area contributed by atoms with Crippen LogP contribution < -0.4 is 31.9 Å². The van der Waals surface area contributed by atoms with Gasteiger partial charge in [-0.05, 0) is 61.5 Å². The van der Waals surface area contributed by atoms with Crippen LogP contribution in [-0.2, 0) is 82.9 Å². The fourth-order valence-electron chi connectivity index (χ4n) is 13.1. The summed E-state index contributed by atoms with van der Waals surface area (Å²) in [4.78, 5) is 171. The van der Waals surface area contributed by atoms with Crippen LogP contribution in [0.4, 0.5) is 0 Å². The summed E-state index contributed by atoms with van der Waals surface area (Å²) >= 11 is 0. The number of likely N-dealkylation sites (tertiary alicyclic amines) is 1. The zero-order valence-electron chi connectivity index (χ0n) is 61.7. The van der Waals surface area contributed by atoms with Crippen LogP contribution in [-0.4, -0.2) is 274 Å². The zero-order chi connectivity index (χ0) is 75.2. The van der Waals surface area contributed by atoms with Gasteiger partial charge >= 0.3 is 0 Å². The summed E-state index contributed by atoms with van der Waals surface area (Å²) in [6.07, 6.45) is 3.00. The Kier molecular flexibility index (Phi) is 35.6. The molecule has 29 nitrogen and oxygen atoms in total. The van der Waals surface area contributed by atoms with E-state index < -0.39 is 133 Å². The summed E-state index contributed by atoms with van der Waals surface area (Å²) < 4.78 is 23.7. The summed E-state index contributed by atoms with van der Waals surface area (Å²) in [5, 5.41) is 27.1. The maximum atomic E-state index is 14.9. The van der Waals surface area contributed by atoms with Crippen LogP contribution >= 0.6 is 0 Å².